The van der Waals surface area contributed by atoms with Crippen LogP contribution in [0.3, 0.4) is 0 Å². The van der Waals surface area contributed by atoms with Gasteiger partial charge in [0.15, 0.2) is 11.6 Å². The van der Waals surface area contributed by atoms with Gasteiger partial charge < -0.3 is 10.1 Å². The Labute approximate surface area is 159 Å². The molecule has 2 aromatic carbocycles. The molecule has 4 rings (SSSR count). The number of anilines is 1. The number of ether oxygens (including phenoxy) is 1. The quantitative estimate of drug-likeness (QED) is 0.566. The lowest BCUT2D eigenvalue weighted by Crippen LogP contribution is -2.14. The summed E-state index contributed by atoms with van der Waals surface area (Å²) in [5, 5.41) is 2.82. The normalized spacial score (nSPS) is 10.8. The predicted octanol–water partition coefficient (Wildman–Crippen LogP) is 4.54. The summed E-state index contributed by atoms with van der Waals surface area (Å²) in [6, 6.07) is 15.5. The van der Waals surface area contributed by atoms with Crippen LogP contribution in [-0.2, 0) is 0 Å². The van der Waals surface area contributed by atoms with Gasteiger partial charge in [0.05, 0.1) is 7.11 Å². The van der Waals surface area contributed by atoms with E-state index in [-0.39, 0.29) is 5.91 Å². The molecule has 0 radical (unpaired) electrons. The van der Waals surface area contributed by atoms with Crippen LogP contribution in [0.15, 0.2) is 66.9 Å². The predicted molar refractivity (Wildman–Crippen MR) is 101 cm³/mol. The number of hydrogen-bond donors (Lipinski definition) is 1. The maximum Gasteiger partial charge on any atom is 0.256 e. The molecule has 0 saturated carbocycles. The highest BCUT2D eigenvalue weighted by Gasteiger charge is 2.18. The maximum atomic E-state index is 13.8. The van der Waals surface area contributed by atoms with Crippen molar-refractivity contribution >= 4 is 17.4 Å². The number of nitrogens with one attached hydrogen (secondary N) is 1. The SMILES string of the molecule is COc1cccc(C(=O)Nc2c(-c3ccc(F)c(F)c3)nc3ccccn23)c1. The van der Waals surface area contributed by atoms with E-state index < -0.39 is 11.6 Å². The first kappa shape index (κ1) is 17.7. The Morgan fingerprint density at radius 2 is 1.89 bits per heavy atom. The van der Waals surface area contributed by atoms with Gasteiger partial charge in [-0.3, -0.25) is 9.20 Å². The first-order chi connectivity index (χ1) is 13.6. The van der Waals surface area contributed by atoms with Crippen molar-refractivity contribution in [2.45, 2.75) is 0 Å². The molecule has 5 nitrogen and oxygen atoms in total. The van der Waals surface area contributed by atoms with Crippen LogP contribution in [0.5, 0.6) is 5.75 Å². The fourth-order valence-electron chi connectivity index (χ4n) is 2.90. The van der Waals surface area contributed by atoms with Crippen molar-refractivity contribution in [3.05, 3.63) is 84.1 Å². The van der Waals surface area contributed by atoms with E-state index in [0.29, 0.717) is 34.0 Å². The molecule has 0 fully saturated rings. The van der Waals surface area contributed by atoms with E-state index in [0.717, 1.165) is 12.1 Å². The van der Waals surface area contributed by atoms with Crippen LogP contribution in [0.1, 0.15) is 10.4 Å². The second kappa shape index (κ2) is 7.11. The van der Waals surface area contributed by atoms with Gasteiger partial charge >= 0.3 is 0 Å². The Morgan fingerprint density at radius 3 is 2.68 bits per heavy atom. The number of halogens is 2. The van der Waals surface area contributed by atoms with Crippen LogP contribution in [0.25, 0.3) is 16.9 Å². The zero-order valence-corrected chi connectivity index (χ0v) is 14.8. The van der Waals surface area contributed by atoms with E-state index >= 15 is 0 Å². The minimum Gasteiger partial charge on any atom is -0.497 e. The number of imidazole rings is 1. The van der Waals surface area contributed by atoms with Crippen LogP contribution in [-0.4, -0.2) is 22.4 Å². The highest BCUT2D eigenvalue weighted by molar-refractivity contribution is 6.06. The molecular weight excluding hydrogens is 364 g/mol. The number of carbonyl (C=O) groups excluding carboxylic acids is 1. The molecule has 2 aromatic heterocycles. The van der Waals surface area contributed by atoms with Crippen molar-refractivity contribution in [3.63, 3.8) is 0 Å². The van der Waals surface area contributed by atoms with Crippen molar-refractivity contribution in [2.24, 2.45) is 0 Å². The van der Waals surface area contributed by atoms with Crippen molar-refractivity contribution in [1.29, 1.82) is 0 Å². The van der Waals surface area contributed by atoms with E-state index in [9.17, 15) is 13.6 Å². The molecule has 0 bridgehead atoms. The van der Waals surface area contributed by atoms with Gasteiger partial charge in [-0.15, -0.1) is 0 Å². The number of rotatable bonds is 4. The number of benzene rings is 2. The lowest BCUT2D eigenvalue weighted by molar-refractivity contribution is 0.102. The van der Waals surface area contributed by atoms with Crippen LogP contribution in [0.2, 0.25) is 0 Å². The Kier molecular flexibility index (Phi) is 4.49. The maximum absolute atomic E-state index is 13.8. The molecule has 0 aliphatic heterocycles. The number of aromatic nitrogens is 2. The summed E-state index contributed by atoms with van der Waals surface area (Å²) in [5.41, 5.74) is 1.63. The smallest absolute Gasteiger partial charge is 0.256 e. The molecule has 7 heteroatoms. The molecule has 1 amide bonds. The third kappa shape index (κ3) is 3.18. The van der Waals surface area contributed by atoms with E-state index in [1.54, 1.807) is 53.1 Å². The van der Waals surface area contributed by atoms with Crippen molar-refractivity contribution in [3.8, 4) is 17.0 Å². The first-order valence-electron chi connectivity index (χ1n) is 8.45. The van der Waals surface area contributed by atoms with Crippen molar-refractivity contribution < 1.29 is 18.3 Å². The summed E-state index contributed by atoms with van der Waals surface area (Å²) >= 11 is 0. The second-order valence-corrected chi connectivity index (χ2v) is 6.05. The summed E-state index contributed by atoms with van der Waals surface area (Å²) in [4.78, 5) is 17.3. The Balaban J connectivity index is 1.80. The summed E-state index contributed by atoms with van der Waals surface area (Å²) in [5.74, 6) is -1.41. The molecule has 0 unspecified atom stereocenters. The van der Waals surface area contributed by atoms with Gasteiger partial charge in [0, 0.05) is 17.3 Å². The van der Waals surface area contributed by atoms with E-state index in [1.807, 2.05) is 0 Å². The number of fused-ring (bicyclic) bond motifs is 1. The standard InChI is InChI=1S/C21H15F2N3O2/c1-28-15-6-4-5-14(11-15)21(27)25-20-19(13-8-9-16(22)17(23)12-13)24-18-7-2-3-10-26(18)20/h2-12H,1H3,(H,25,27). The Hall–Kier alpha value is -3.74. The van der Waals surface area contributed by atoms with Gasteiger partial charge in [-0.05, 0) is 48.5 Å². The minimum atomic E-state index is -0.986. The number of amides is 1. The number of hydrogen-bond acceptors (Lipinski definition) is 3. The topological polar surface area (TPSA) is 55.6 Å². The Morgan fingerprint density at radius 1 is 1.04 bits per heavy atom. The number of nitrogens with zero attached hydrogens (tertiary/aromatic N) is 2. The highest BCUT2D eigenvalue weighted by atomic mass is 19.2. The van der Waals surface area contributed by atoms with Crippen LogP contribution >= 0.6 is 0 Å². The zero-order valence-electron chi connectivity index (χ0n) is 14.8. The van der Waals surface area contributed by atoms with Gasteiger partial charge in [-0.1, -0.05) is 12.1 Å². The Bertz CT molecular complexity index is 1190. The molecular formula is C21H15F2N3O2. The fourth-order valence-corrected chi connectivity index (χ4v) is 2.90. The summed E-state index contributed by atoms with van der Waals surface area (Å²) in [7, 11) is 1.52. The van der Waals surface area contributed by atoms with E-state index in [1.165, 1.54) is 13.2 Å². The van der Waals surface area contributed by atoms with Gasteiger partial charge in [0.25, 0.3) is 5.91 Å². The minimum absolute atomic E-state index is 0.335. The lowest BCUT2D eigenvalue weighted by atomic mass is 10.1. The monoisotopic (exact) mass is 379 g/mol. The first-order valence-corrected chi connectivity index (χ1v) is 8.45. The van der Waals surface area contributed by atoms with E-state index in [4.69, 9.17) is 4.74 Å². The third-order valence-electron chi connectivity index (χ3n) is 4.29. The van der Waals surface area contributed by atoms with Crippen molar-refractivity contribution in [2.75, 3.05) is 12.4 Å². The molecule has 140 valence electrons. The summed E-state index contributed by atoms with van der Waals surface area (Å²) in [6.45, 7) is 0. The molecule has 0 aliphatic rings. The molecule has 4 aromatic rings. The van der Waals surface area contributed by atoms with Crippen LogP contribution in [0.4, 0.5) is 14.6 Å². The molecule has 0 aliphatic carbocycles. The average molecular weight is 379 g/mol. The van der Waals surface area contributed by atoms with Crippen LogP contribution < -0.4 is 10.1 Å². The summed E-state index contributed by atoms with van der Waals surface area (Å²) in [6.07, 6.45) is 1.73. The van der Waals surface area contributed by atoms with Crippen LogP contribution in [0, 0.1) is 11.6 Å². The largest absolute Gasteiger partial charge is 0.497 e. The van der Waals surface area contributed by atoms with Gasteiger partial charge in [0.2, 0.25) is 0 Å². The number of methoxy groups -OCH3 is 1. The summed E-state index contributed by atoms with van der Waals surface area (Å²) < 4.78 is 33.9. The highest BCUT2D eigenvalue weighted by Crippen LogP contribution is 2.30. The number of pyridine rings is 1. The lowest BCUT2D eigenvalue weighted by Gasteiger charge is -2.09. The fraction of sp³-hybridized carbons (Fsp3) is 0.0476. The van der Waals surface area contributed by atoms with Gasteiger partial charge in [-0.25, -0.2) is 13.8 Å². The molecule has 0 saturated heterocycles. The van der Waals surface area contributed by atoms with E-state index in [2.05, 4.69) is 10.3 Å². The second-order valence-electron chi connectivity index (χ2n) is 6.05. The molecule has 0 atom stereocenters. The van der Waals surface area contributed by atoms with Gasteiger partial charge in [-0.2, -0.15) is 0 Å². The van der Waals surface area contributed by atoms with Crippen molar-refractivity contribution in [1.82, 2.24) is 9.38 Å². The number of carbonyl (C=O) groups is 1. The average Bonchev–Trinajstić information content (AvgIpc) is 3.08. The molecule has 2 heterocycles. The third-order valence-corrected chi connectivity index (χ3v) is 4.29. The molecule has 1 N–H and O–H groups in total. The molecule has 0 spiro atoms. The van der Waals surface area contributed by atoms with Gasteiger partial charge in [0.1, 0.15) is 22.9 Å². The molecule has 28 heavy (non-hydrogen) atoms. The zero-order chi connectivity index (χ0) is 19.7.